The van der Waals surface area contributed by atoms with E-state index >= 15 is 0 Å². The molecule has 0 bridgehead atoms. The molecule has 29 heavy (non-hydrogen) atoms. The molecule has 0 spiro atoms. The van der Waals surface area contributed by atoms with Gasteiger partial charge in [0.15, 0.2) is 5.76 Å². The summed E-state index contributed by atoms with van der Waals surface area (Å²) in [6.07, 6.45) is -0.0605. The highest BCUT2D eigenvalue weighted by molar-refractivity contribution is 6.42. The molecule has 2 aliphatic rings. The fraction of sp³-hybridized carbons (Fsp3) is 0.421. The molecule has 2 N–H and O–H groups in total. The molecule has 0 unspecified atom stereocenters. The van der Waals surface area contributed by atoms with Crippen LogP contribution in [0.1, 0.15) is 18.4 Å². The third kappa shape index (κ3) is 4.43. The molecule has 1 aromatic carbocycles. The number of aliphatic hydroxyl groups is 1. The van der Waals surface area contributed by atoms with E-state index < -0.39 is 23.7 Å². The maximum absolute atomic E-state index is 12.8. The van der Waals surface area contributed by atoms with E-state index in [2.05, 4.69) is 0 Å². The maximum atomic E-state index is 12.8. The number of carboxylic acid groups (broad SMARTS) is 1. The van der Waals surface area contributed by atoms with Crippen LogP contribution in [0, 0.1) is 0 Å². The lowest BCUT2D eigenvalue weighted by Crippen LogP contribution is -2.47. The smallest absolute Gasteiger partial charge is 0.407 e. The van der Waals surface area contributed by atoms with Crippen molar-refractivity contribution in [1.82, 2.24) is 14.7 Å². The van der Waals surface area contributed by atoms with Crippen LogP contribution in [0.3, 0.4) is 0 Å². The summed E-state index contributed by atoms with van der Waals surface area (Å²) < 4.78 is 0. The second-order valence-electron chi connectivity index (χ2n) is 7.17. The van der Waals surface area contributed by atoms with Gasteiger partial charge in [0.25, 0.3) is 11.8 Å². The summed E-state index contributed by atoms with van der Waals surface area (Å²) in [5.74, 6) is -1.59. The monoisotopic (exact) mass is 441 g/mol. The number of nitrogens with zero attached hydrogens (tertiary/aromatic N) is 3. The normalized spacial score (nSPS) is 17.8. The van der Waals surface area contributed by atoms with Crippen molar-refractivity contribution < 1.29 is 24.6 Å². The van der Waals surface area contributed by atoms with Gasteiger partial charge in [0.1, 0.15) is 0 Å². The van der Waals surface area contributed by atoms with E-state index in [0.717, 1.165) is 5.56 Å². The Hall–Kier alpha value is -2.45. The Morgan fingerprint density at radius 2 is 1.86 bits per heavy atom. The molecule has 1 aromatic rings. The number of benzene rings is 1. The lowest BCUT2D eigenvalue weighted by molar-refractivity contribution is -0.130. The molecule has 8 nitrogen and oxygen atoms in total. The van der Waals surface area contributed by atoms with Gasteiger partial charge in [0.05, 0.1) is 22.2 Å². The van der Waals surface area contributed by atoms with Crippen molar-refractivity contribution in [1.29, 1.82) is 0 Å². The van der Waals surface area contributed by atoms with Crippen LogP contribution in [0.25, 0.3) is 0 Å². The van der Waals surface area contributed by atoms with Gasteiger partial charge >= 0.3 is 6.09 Å². The lowest BCUT2D eigenvalue weighted by Gasteiger charge is -2.35. The Labute approximate surface area is 177 Å². The summed E-state index contributed by atoms with van der Waals surface area (Å²) in [7, 11) is 1.57. The Balaban J connectivity index is 1.65. The van der Waals surface area contributed by atoms with Gasteiger partial charge in [-0.25, -0.2) is 4.79 Å². The van der Waals surface area contributed by atoms with Crippen LogP contribution < -0.4 is 0 Å². The number of carbonyl (C=O) groups is 3. The molecule has 2 heterocycles. The molecular formula is C19H21Cl2N3O5. The number of likely N-dealkylation sites (tertiary alicyclic amines) is 1. The van der Waals surface area contributed by atoms with Gasteiger partial charge in [-0.2, -0.15) is 0 Å². The summed E-state index contributed by atoms with van der Waals surface area (Å²) in [5, 5.41) is 20.1. The van der Waals surface area contributed by atoms with Gasteiger partial charge in [0, 0.05) is 32.7 Å². The van der Waals surface area contributed by atoms with Gasteiger partial charge in [-0.05, 0) is 30.5 Å². The van der Waals surface area contributed by atoms with Crippen molar-refractivity contribution in [2.75, 3.05) is 26.7 Å². The average molecular weight is 442 g/mol. The number of halogens is 2. The first-order valence-electron chi connectivity index (χ1n) is 9.09. The molecule has 3 rings (SSSR count). The Kier molecular flexibility index (Phi) is 6.24. The fourth-order valence-electron chi connectivity index (χ4n) is 3.63. The minimum Gasteiger partial charge on any atom is -0.503 e. The molecule has 156 valence electrons. The Morgan fingerprint density at radius 3 is 2.45 bits per heavy atom. The molecule has 10 heteroatoms. The van der Waals surface area contributed by atoms with E-state index in [4.69, 9.17) is 28.3 Å². The van der Waals surface area contributed by atoms with Crippen molar-refractivity contribution in [3.05, 3.63) is 45.1 Å². The molecule has 0 aliphatic carbocycles. The predicted octanol–water partition coefficient (Wildman–Crippen LogP) is 2.75. The van der Waals surface area contributed by atoms with E-state index in [1.54, 1.807) is 25.2 Å². The van der Waals surface area contributed by atoms with E-state index in [9.17, 15) is 19.5 Å². The molecule has 3 amide bonds. The first kappa shape index (κ1) is 21.3. The van der Waals surface area contributed by atoms with Crippen molar-refractivity contribution >= 4 is 41.1 Å². The number of amides is 3. The van der Waals surface area contributed by atoms with Crippen LogP contribution in [0.4, 0.5) is 4.79 Å². The highest BCUT2D eigenvalue weighted by Crippen LogP contribution is 2.27. The zero-order chi connectivity index (χ0) is 21.3. The number of likely N-dealkylation sites (N-methyl/N-ethyl adjacent to an activating group) is 1. The summed E-state index contributed by atoms with van der Waals surface area (Å²) in [4.78, 5) is 40.5. The van der Waals surface area contributed by atoms with Gasteiger partial charge in [0.2, 0.25) is 0 Å². The van der Waals surface area contributed by atoms with E-state index in [1.165, 1.54) is 14.7 Å². The van der Waals surface area contributed by atoms with Crippen LogP contribution >= 0.6 is 23.2 Å². The first-order chi connectivity index (χ1) is 13.7. The molecule has 0 radical (unpaired) electrons. The number of aliphatic hydroxyl groups excluding tert-OH is 1. The minimum absolute atomic E-state index is 0.00690. The van der Waals surface area contributed by atoms with E-state index in [-0.39, 0.29) is 24.7 Å². The fourth-order valence-corrected chi connectivity index (χ4v) is 3.95. The van der Waals surface area contributed by atoms with Gasteiger partial charge in [-0.15, -0.1) is 0 Å². The predicted molar refractivity (Wildman–Crippen MR) is 107 cm³/mol. The number of piperidine rings is 1. The van der Waals surface area contributed by atoms with Crippen molar-refractivity contribution in [3.8, 4) is 0 Å². The zero-order valence-corrected chi connectivity index (χ0v) is 17.3. The van der Waals surface area contributed by atoms with E-state index in [0.29, 0.717) is 36.0 Å². The standard InChI is InChI=1S/C19H21Cl2N3O5/c1-22(9-11-2-3-14(20)15(21)8-11)17(26)13-10-24(18(27)16(13)25)12-4-6-23(7-5-12)19(28)29/h2-3,8,12,25H,4-7,9-10H2,1H3,(H,28,29). The summed E-state index contributed by atoms with van der Waals surface area (Å²) in [5.41, 5.74) is 0.802. The maximum Gasteiger partial charge on any atom is 0.407 e. The van der Waals surface area contributed by atoms with Crippen molar-refractivity contribution in [2.45, 2.75) is 25.4 Å². The first-order valence-corrected chi connectivity index (χ1v) is 9.85. The second kappa shape index (κ2) is 8.51. The number of hydrogen-bond donors (Lipinski definition) is 2. The zero-order valence-electron chi connectivity index (χ0n) is 15.8. The average Bonchev–Trinajstić information content (AvgIpc) is 2.99. The molecular weight excluding hydrogens is 421 g/mol. The number of rotatable bonds is 4. The van der Waals surface area contributed by atoms with Crippen molar-refractivity contribution in [3.63, 3.8) is 0 Å². The topological polar surface area (TPSA) is 101 Å². The van der Waals surface area contributed by atoms with Crippen LogP contribution in [0.5, 0.6) is 0 Å². The highest BCUT2D eigenvalue weighted by Gasteiger charge is 2.40. The molecule has 2 aliphatic heterocycles. The SMILES string of the molecule is CN(Cc1ccc(Cl)c(Cl)c1)C(=O)C1=C(O)C(=O)N(C2CCN(C(=O)O)CC2)C1. The van der Waals surface area contributed by atoms with Gasteiger partial charge < -0.3 is 24.9 Å². The van der Waals surface area contributed by atoms with Crippen LogP contribution in [-0.2, 0) is 16.1 Å². The third-order valence-corrected chi connectivity index (χ3v) is 6.00. The molecule has 0 aromatic heterocycles. The number of carbonyl (C=O) groups excluding carboxylic acids is 2. The largest absolute Gasteiger partial charge is 0.503 e. The van der Waals surface area contributed by atoms with Crippen LogP contribution in [0.2, 0.25) is 10.0 Å². The van der Waals surface area contributed by atoms with Crippen LogP contribution in [-0.4, -0.2) is 75.5 Å². The summed E-state index contributed by atoms with van der Waals surface area (Å²) in [6.45, 7) is 0.862. The Bertz CT molecular complexity index is 881. The van der Waals surface area contributed by atoms with Crippen LogP contribution in [0.15, 0.2) is 29.5 Å². The molecule has 0 atom stereocenters. The van der Waals surface area contributed by atoms with Gasteiger partial charge in [-0.1, -0.05) is 29.3 Å². The minimum atomic E-state index is -0.989. The third-order valence-electron chi connectivity index (χ3n) is 5.26. The Morgan fingerprint density at radius 1 is 1.21 bits per heavy atom. The molecule has 1 saturated heterocycles. The highest BCUT2D eigenvalue weighted by atomic mass is 35.5. The quantitative estimate of drug-likeness (QED) is 0.747. The van der Waals surface area contributed by atoms with E-state index in [1.807, 2.05) is 0 Å². The second-order valence-corrected chi connectivity index (χ2v) is 7.99. The lowest BCUT2D eigenvalue weighted by atomic mass is 10.0. The molecule has 1 fully saturated rings. The van der Waals surface area contributed by atoms with Crippen molar-refractivity contribution in [2.24, 2.45) is 0 Å². The van der Waals surface area contributed by atoms with Gasteiger partial charge in [-0.3, -0.25) is 9.59 Å². The number of hydrogen-bond acceptors (Lipinski definition) is 4. The molecule has 0 saturated carbocycles. The summed E-state index contributed by atoms with van der Waals surface area (Å²) >= 11 is 11.9. The summed E-state index contributed by atoms with van der Waals surface area (Å²) in [6, 6.07) is 4.82.